The average Bonchev–Trinajstić information content (AvgIpc) is 2.87. The predicted molar refractivity (Wildman–Crippen MR) is 79.1 cm³/mol. The molecule has 0 fully saturated rings. The molecule has 1 unspecified atom stereocenters. The molecule has 0 bridgehead atoms. The van der Waals surface area contributed by atoms with Crippen LogP contribution < -0.4 is 5.32 Å². The van der Waals surface area contributed by atoms with E-state index in [9.17, 15) is 8.78 Å². The van der Waals surface area contributed by atoms with E-state index in [4.69, 9.17) is 0 Å². The third-order valence-electron chi connectivity index (χ3n) is 2.94. The molecule has 0 spiro atoms. The average molecular weight is 290 g/mol. The van der Waals surface area contributed by atoms with Crippen LogP contribution in [0.2, 0.25) is 0 Å². The molecule has 2 aromatic rings. The molecule has 0 aliphatic carbocycles. The molecule has 3 rings (SSSR count). The maximum Gasteiger partial charge on any atom is 0.161 e. The first-order valence-electron chi connectivity index (χ1n) is 6.20. The molecule has 1 aliphatic heterocycles. The summed E-state index contributed by atoms with van der Waals surface area (Å²) in [5.74, 6) is -1.20. The van der Waals surface area contributed by atoms with Gasteiger partial charge in [0, 0.05) is 11.8 Å². The molecule has 1 aliphatic rings. The standard InChI is InChI=1S/C15H12F2N2S/c16-11-6-12(17)8-13(7-11)19-15-18-9-14(20-15)10-4-2-1-3-5-10/h1-8,14H,9H2,(H,18,19). The third kappa shape index (κ3) is 2.99. The molecule has 0 saturated carbocycles. The van der Waals surface area contributed by atoms with Crippen molar-refractivity contribution in [1.29, 1.82) is 0 Å². The van der Waals surface area contributed by atoms with E-state index >= 15 is 0 Å². The summed E-state index contributed by atoms with van der Waals surface area (Å²) in [6.07, 6.45) is 0. The molecule has 0 saturated heterocycles. The van der Waals surface area contributed by atoms with Crippen LogP contribution in [0.25, 0.3) is 0 Å². The Morgan fingerprint density at radius 3 is 2.45 bits per heavy atom. The van der Waals surface area contributed by atoms with Gasteiger partial charge in [0.05, 0.1) is 11.8 Å². The Labute approximate surface area is 119 Å². The fourth-order valence-electron chi connectivity index (χ4n) is 2.03. The van der Waals surface area contributed by atoms with E-state index in [1.54, 1.807) is 11.8 Å². The van der Waals surface area contributed by atoms with E-state index in [-0.39, 0.29) is 5.25 Å². The molecule has 2 nitrogen and oxygen atoms in total. The molecule has 1 N–H and O–H groups in total. The number of rotatable bonds is 2. The zero-order valence-corrected chi connectivity index (χ0v) is 11.3. The summed E-state index contributed by atoms with van der Waals surface area (Å²) < 4.78 is 26.2. The topological polar surface area (TPSA) is 24.4 Å². The zero-order chi connectivity index (χ0) is 13.9. The largest absolute Gasteiger partial charge is 0.335 e. The Hall–Kier alpha value is -1.88. The van der Waals surface area contributed by atoms with Gasteiger partial charge in [-0.25, -0.2) is 8.78 Å². The summed E-state index contributed by atoms with van der Waals surface area (Å²) in [7, 11) is 0. The lowest BCUT2D eigenvalue weighted by Gasteiger charge is -2.09. The van der Waals surface area contributed by atoms with Gasteiger partial charge in [-0.15, -0.1) is 0 Å². The number of nitrogens with one attached hydrogen (secondary N) is 1. The predicted octanol–water partition coefficient (Wildman–Crippen LogP) is 4.22. The first-order valence-corrected chi connectivity index (χ1v) is 7.08. The molecule has 0 amide bonds. The molecule has 20 heavy (non-hydrogen) atoms. The third-order valence-corrected chi connectivity index (χ3v) is 4.10. The van der Waals surface area contributed by atoms with Gasteiger partial charge < -0.3 is 5.32 Å². The van der Waals surface area contributed by atoms with Crippen LogP contribution in [-0.2, 0) is 0 Å². The van der Waals surface area contributed by atoms with Gasteiger partial charge in [0.15, 0.2) is 5.17 Å². The number of hydrogen-bond donors (Lipinski definition) is 1. The number of aliphatic imine (C=N–C) groups is 1. The van der Waals surface area contributed by atoms with E-state index in [0.717, 1.165) is 6.07 Å². The van der Waals surface area contributed by atoms with E-state index in [1.165, 1.54) is 17.7 Å². The van der Waals surface area contributed by atoms with Crippen molar-refractivity contribution in [3.05, 3.63) is 65.7 Å². The van der Waals surface area contributed by atoms with Crippen LogP contribution in [-0.4, -0.2) is 11.7 Å². The van der Waals surface area contributed by atoms with E-state index in [2.05, 4.69) is 22.4 Å². The normalized spacial score (nSPS) is 17.9. The number of hydrogen-bond acceptors (Lipinski definition) is 3. The Bertz CT molecular complexity index is 623. The van der Waals surface area contributed by atoms with Gasteiger partial charge in [-0.3, -0.25) is 4.99 Å². The first-order chi connectivity index (χ1) is 9.70. The highest BCUT2D eigenvalue weighted by molar-refractivity contribution is 8.14. The lowest BCUT2D eigenvalue weighted by molar-refractivity contribution is 0.584. The maximum atomic E-state index is 13.1. The van der Waals surface area contributed by atoms with Crippen LogP contribution in [0.1, 0.15) is 10.8 Å². The van der Waals surface area contributed by atoms with Crippen molar-refractivity contribution in [3.8, 4) is 0 Å². The number of amidine groups is 1. The molecule has 0 radical (unpaired) electrons. The Morgan fingerprint density at radius 1 is 1.05 bits per heavy atom. The van der Waals surface area contributed by atoms with Crippen molar-refractivity contribution in [2.45, 2.75) is 5.25 Å². The minimum atomic E-state index is -0.601. The molecule has 2 aromatic carbocycles. The van der Waals surface area contributed by atoms with Crippen molar-refractivity contribution in [2.24, 2.45) is 4.99 Å². The fourth-order valence-corrected chi connectivity index (χ4v) is 3.07. The number of thioether (sulfide) groups is 1. The van der Waals surface area contributed by atoms with Crippen molar-refractivity contribution in [2.75, 3.05) is 11.9 Å². The minimum absolute atomic E-state index is 0.247. The Balaban J connectivity index is 1.68. The Morgan fingerprint density at radius 2 is 1.75 bits per heavy atom. The van der Waals surface area contributed by atoms with Gasteiger partial charge in [-0.2, -0.15) is 0 Å². The smallest absolute Gasteiger partial charge is 0.161 e. The monoisotopic (exact) mass is 290 g/mol. The second-order valence-corrected chi connectivity index (χ2v) is 5.64. The summed E-state index contributed by atoms with van der Waals surface area (Å²) in [5, 5.41) is 3.89. The van der Waals surface area contributed by atoms with Crippen LogP contribution in [0.4, 0.5) is 14.5 Å². The molecular weight excluding hydrogens is 278 g/mol. The van der Waals surface area contributed by atoms with E-state index in [1.807, 2.05) is 18.2 Å². The molecule has 102 valence electrons. The molecule has 1 atom stereocenters. The minimum Gasteiger partial charge on any atom is -0.335 e. The highest BCUT2D eigenvalue weighted by Crippen LogP contribution is 2.35. The molecule has 5 heteroatoms. The fraction of sp³-hybridized carbons (Fsp3) is 0.133. The van der Waals surface area contributed by atoms with Gasteiger partial charge in [-0.1, -0.05) is 42.1 Å². The van der Waals surface area contributed by atoms with Crippen LogP contribution in [0, 0.1) is 11.6 Å². The highest BCUT2D eigenvalue weighted by atomic mass is 32.2. The van der Waals surface area contributed by atoms with Gasteiger partial charge in [0.25, 0.3) is 0 Å². The summed E-state index contributed by atoms with van der Waals surface area (Å²) in [6.45, 7) is 0.662. The highest BCUT2D eigenvalue weighted by Gasteiger charge is 2.21. The van der Waals surface area contributed by atoms with Crippen LogP contribution in [0.3, 0.4) is 0 Å². The SMILES string of the molecule is Fc1cc(F)cc(NC2=NCC(c3ccccc3)S2)c1. The summed E-state index contributed by atoms with van der Waals surface area (Å²) >= 11 is 1.56. The van der Waals surface area contributed by atoms with Gasteiger partial charge >= 0.3 is 0 Å². The second-order valence-electron chi connectivity index (χ2n) is 4.45. The molecule has 1 heterocycles. The van der Waals surface area contributed by atoms with Crippen molar-refractivity contribution in [1.82, 2.24) is 0 Å². The van der Waals surface area contributed by atoms with Crippen LogP contribution >= 0.6 is 11.8 Å². The van der Waals surface area contributed by atoms with Crippen molar-refractivity contribution in [3.63, 3.8) is 0 Å². The van der Waals surface area contributed by atoms with E-state index < -0.39 is 11.6 Å². The lowest BCUT2D eigenvalue weighted by atomic mass is 10.1. The summed E-state index contributed by atoms with van der Waals surface area (Å²) in [6, 6.07) is 13.4. The van der Waals surface area contributed by atoms with Crippen LogP contribution in [0.5, 0.6) is 0 Å². The zero-order valence-electron chi connectivity index (χ0n) is 10.5. The number of anilines is 1. The molecule has 0 aromatic heterocycles. The van der Waals surface area contributed by atoms with Gasteiger partial charge in [0.2, 0.25) is 0 Å². The summed E-state index contributed by atoms with van der Waals surface area (Å²) in [4.78, 5) is 4.37. The van der Waals surface area contributed by atoms with E-state index in [0.29, 0.717) is 17.4 Å². The summed E-state index contributed by atoms with van der Waals surface area (Å²) in [5.41, 5.74) is 1.57. The van der Waals surface area contributed by atoms with Gasteiger partial charge in [-0.05, 0) is 17.7 Å². The lowest BCUT2D eigenvalue weighted by Crippen LogP contribution is -2.06. The quantitative estimate of drug-likeness (QED) is 0.895. The number of nitrogens with zero attached hydrogens (tertiary/aromatic N) is 1. The Kier molecular flexibility index (Phi) is 3.69. The van der Waals surface area contributed by atoms with Crippen LogP contribution in [0.15, 0.2) is 53.5 Å². The molecular formula is C15H12F2N2S. The van der Waals surface area contributed by atoms with Crippen molar-refractivity contribution >= 4 is 22.6 Å². The first kappa shape index (κ1) is 13.1. The second kappa shape index (κ2) is 5.63. The number of halogens is 2. The maximum absolute atomic E-state index is 13.1. The number of benzene rings is 2. The van der Waals surface area contributed by atoms with Gasteiger partial charge in [0.1, 0.15) is 11.6 Å². The van der Waals surface area contributed by atoms with Crippen molar-refractivity contribution < 1.29 is 8.78 Å².